The lowest BCUT2D eigenvalue weighted by molar-refractivity contribution is -0.117. The van der Waals surface area contributed by atoms with Gasteiger partial charge in [0.25, 0.3) is 0 Å². The number of hydrogen-bond acceptors (Lipinski definition) is 3. The molecule has 1 aliphatic rings. The van der Waals surface area contributed by atoms with E-state index in [9.17, 15) is 4.79 Å². The number of carbonyl (C=O) groups is 1. The third-order valence-corrected chi connectivity index (χ3v) is 5.58. The third-order valence-electron chi connectivity index (χ3n) is 4.86. The van der Waals surface area contributed by atoms with Crippen LogP contribution in [0.2, 0.25) is 0 Å². The first-order chi connectivity index (χ1) is 12.2. The molecule has 0 saturated carbocycles. The number of hydrogen-bond donors (Lipinski definition) is 0. The van der Waals surface area contributed by atoms with E-state index < -0.39 is 0 Å². The van der Waals surface area contributed by atoms with E-state index in [1.807, 2.05) is 35.2 Å². The fourth-order valence-electron chi connectivity index (χ4n) is 3.65. The van der Waals surface area contributed by atoms with Gasteiger partial charge in [-0.1, -0.05) is 18.2 Å². The Morgan fingerprint density at radius 3 is 2.84 bits per heavy atom. The molecule has 4 rings (SSSR count). The Labute approximate surface area is 151 Å². The van der Waals surface area contributed by atoms with Crippen molar-refractivity contribution in [2.75, 3.05) is 17.7 Å². The van der Waals surface area contributed by atoms with Crippen molar-refractivity contribution in [2.24, 2.45) is 0 Å². The van der Waals surface area contributed by atoms with Gasteiger partial charge in [0.15, 0.2) is 0 Å². The number of amides is 1. The van der Waals surface area contributed by atoms with Gasteiger partial charge in [-0.2, -0.15) is 0 Å². The zero-order valence-electron chi connectivity index (χ0n) is 14.5. The third kappa shape index (κ3) is 2.82. The number of fused-ring (bicyclic) bond motifs is 1. The van der Waals surface area contributed by atoms with Crippen LogP contribution in [0.25, 0.3) is 11.0 Å². The molecule has 0 aliphatic carbocycles. The highest BCUT2D eigenvalue weighted by molar-refractivity contribution is 7.98. The van der Waals surface area contributed by atoms with Gasteiger partial charge in [-0.05, 0) is 43.5 Å². The Kier molecular flexibility index (Phi) is 4.25. The van der Waals surface area contributed by atoms with Gasteiger partial charge < -0.3 is 9.47 Å². The van der Waals surface area contributed by atoms with Crippen molar-refractivity contribution in [3.05, 3.63) is 54.4 Å². The second-order valence-corrected chi connectivity index (χ2v) is 7.19. The maximum atomic E-state index is 12.7. The summed E-state index contributed by atoms with van der Waals surface area (Å²) in [5, 5.41) is 0. The summed E-state index contributed by atoms with van der Waals surface area (Å²) in [5.74, 6) is 1.34. The van der Waals surface area contributed by atoms with Crippen LogP contribution in [-0.2, 0) is 11.3 Å². The number of benzene rings is 2. The molecule has 5 heteroatoms. The van der Waals surface area contributed by atoms with E-state index in [0.717, 1.165) is 29.1 Å². The highest BCUT2D eigenvalue weighted by Crippen LogP contribution is 2.34. The Morgan fingerprint density at radius 1 is 1.20 bits per heavy atom. The van der Waals surface area contributed by atoms with Crippen molar-refractivity contribution in [1.82, 2.24) is 9.55 Å². The van der Waals surface area contributed by atoms with E-state index in [0.29, 0.717) is 13.0 Å². The first-order valence-electron chi connectivity index (χ1n) is 8.61. The quantitative estimate of drug-likeness (QED) is 0.658. The average Bonchev–Trinajstić information content (AvgIpc) is 3.21. The Morgan fingerprint density at radius 2 is 2.04 bits per heavy atom. The molecule has 1 amide bonds. The zero-order chi connectivity index (χ0) is 17.4. The summed E-state index contributed by atoms with van der Waals surface area (Å²) in [6.07, 6.45) is 2.57. The van der Waals surface area contributed by atoms with Crippen LogP contribution in [0.15, 0.2) is 53.4 Å². The number of imidazole rings is 1. The topological polar surface area (TPSA) is 38.1 Å². The predicted octanol–water partition coefficient (Wildman–Crippen LogP) is 4.30. The Balaban J connectivity index is 1.68. The lowest BCUT2D eigenvalue weighted by Crippen LogP contribution is -2.24. The van der Waals surface area contributed by atoms with Crippen molar-refractivity contribution < 1.29 is 4.79 Å². The largest absolute Gasteiger partial charge is 0.328 e. The molecule has 0 bridgehead atoms. The molecule has 2 aromatic carbocycles. The van der Waals surface area contributed by atoms with Crippen molar-refractivity contribution >= 4 is 34.4 Å². The molecular formula is C20H21N3OS. The summed E-state index contributed by atoms with van der Waals surface area (Å²) >= 11 is 1.69. The Hall–Kier alpha value is -2.27. The smallest absolute Gasteiger partial charge is 0.227 e. The summed E-state index contributed by atoms with van der Waals surface area (Å²) in [4.78, 5) is 20.6. The number of para-hydroxylation sites is 2. The molecular weight excluding hydrogens is 330 g/mol. The van der Waals surface area contributed by atoms with Crippen molar-refractivity contribution in [2.45, 2.75) is 30.7 Å². The van der Waals surface area contributed by atoms with Gasteiger partial charge in [-0.25, -0.2) is 4.98 Å². The average molecular weight is 351 g/mol. The highest BCUT2D eigenvalue weighted by Gasteiger charge is 2.34. The zero-order valence-corrected chi connectivity index (χ0v) is 15.3. The van der Waals surface area contributed by atoms with Crippen LogP contribution in [-0.4, -0.2) is 28.3 Å². The molecule has 1 fully saturated rings. The lowest BCUT2D eigenvalue weighted by Gasteiger charge is -2.17. The Bertz CT molecular complexity index is 934. The summed E-state index contributed by atoms with van der Waals surface area (Å²) in [7, 11) is 0. The number of aryl methyl sites for hydroxylation is 1. The SMILES string of the molecule is CCn1c([C@H]2CC(=O)N(c3cccc(SC)c3)C2)nc2ccccc21. The summed E-state index contributed by atoms with van der Waals surface area (Å²) in [5.41, 5.74) is 3.14. The monoisotopic (exact) mass is 351 g/mol. The number of anilines is 1. The fourth-order valence-corrected chi connectivity index (χ4v) is 4.10. The minimum atomic E-state index is 0.137. The minimum Gasteiger partial charge on any atom is -0.328 e. The van der Waals surface area contributed by atoms with Gasteiger partial charge in [0.2, 0.25) is 5.91 Å². The number of thioether (sulfide) groups is 1. The van der Waals surface area contributed by atoms with Crippen LogP contribution in [0.4, 0.5) is 5.69 Å². The fraction of sp³-hybridized carbons (Fsp3) is 0.300. The number of nitrogens with zero attached hydrogens (tertiary/aromatic N) is 3. The molecule has 1 aliphatic heterocycles. The molecule has 0 spiro atoms. The second kappa shape index (κ2) is 6.56. The number of rotatable bonds is 4. The summed E-state index contributed by atoms with van der Waals surface area (Å²) in [6, 6.07) is 16.4. The lowest BCUT2D eigenvalue weighted by atomic mass is 10.1. The van der Waals surface area contributed by atoms with Gasteiger partial charge in [0.05, 0.1) is 11.0 Å². The van der Waals surface area contributed by atoms with E-state index in [-0.39, 0.29) is 11.8 Å². The molecule has 3 aromatic rings. The molecule has 1 saturated heterocycles. The van der Waals surface area contributed by atoms with Crippen LogP contribution < -0.4 is 4.90 Å². The van der Waals surface area contributed by atoms with Crippen LogP contribution in [0, 0.1) is 0 Å². The molecule has 2 heterocycles. The van der Waals surface area contributed by atoms with Gasteiger partial charge in [-0.3, -0.25) is 4.79 Å². The standard InChI is InChI=1S/C20H21N3OS/c1-3-22-18-10-5-4-9-17(18)21-20(22)14-11-19(24)23(13-14)15-7-6-8-16(12-15)25-2/h4-10,12,14H,3,11,13H2,1-2H3/t14-/m0/s1. The van der Waals surface area contributed by atoms with Crippen molar-refractivity contribution in [1.29, 1.82) is 0 Å². The molecule has 25 heavy (non-hydrogen) atoms. The first-order valence-corrected chi connectivity index (χ1v) is 9.83. The molecule has 0 radical (unpaired) electrons. The molecule has 0 unspecified atom stereocenters. The van der Waals surface area contributed by atoms with Crippen molar-refractivity contribution in [3.63, 3.8) is 0 Å². The molecule has 1 aromatic heterocycles. The van der Waals surface area contributed by atoms with Crippen LogP contribution in [0.3, 0.4) is 0 Å². The van der Waals surface area contributed by atoms with Gasteiger partial charge in [0.1, 0.15) is 5.82 Å². The molecule has 4 nitrogen and oxygen atoms in total. The van der Waals surface area contributed by atoms with Gasteiger partial charge in [-0.15, -0.1) is 11.8 Å². The van der Waals surface area contributed by atoms with E-state index >= 15 is 0 Å². The number of aromatic nitrogens is 2. The predicted molar refractivity (Wildman–Crippen MR) is 103 cm³/mol. The van der Waals surface area contributed by atoms with Gasteiger partial charge >= 0.3 is 0 Å². The van der Waals surface area contributed by atoms with Crippen LogP contribution >= 0.6 is 11.8 Å². The van der Waals surface area contributed by atoms with E-state index in [4.69, 9.17) is 4.98 Å². The summed E-state index contributed by atoms with van der Waals surface area (Å²) < 4.78 is 2.25. The number of carbonyl (C=O) groups excluding carboxylic acids is 1. The first kappa shape index (κ1) is 16.2. The second-order valence-electron chi connectivity index (χ2n) is 6.31. The highest BCUT2D eigenvalue weighted by atomic mass is 32.2. The van der Waals surface area contributed by atoms with E-state index in [1.165, 1.54) is 4.90 Å². The van der Waals surface area contributed by atoms with Crippen LogP contribution in [0.1, 0.15) is 25.1 Å². The summed E-state index contributed by atoms with van der Waals surface area (Å²) in [6.45, 7) is 3.69. The van der Waals surface area contributed by atoms with Crippen LogP contribution in [0.5, 0.6) is 0 Å². The maximum absolute atomic E-state index is 12.7. The van der Waals surface area contributed by atoms with E-state index in [2.05, 4.69) is 35.9 Å². The molecule has 0 N–H and O–H groups in total. The van der Waals surface area contributed by atoms with Crippen molar-refractivity contribution in [3.8, 4) is 0 Å². The minimum absolute atomic E-state index is 0.137. The normalized spacial score (nSPS) is 17.6. The molecule has 1 atom stereocenters. The molecule has 128 valence electrons. The maximum Gasteiger partial charge on any atom is 0.227 e. The van der Waals surface area contributed by atoms with Gasteiger partial charge in [0, 0.05) is 36.0 Å². The van der Waals surface area contributed by atoms with E-state index in [1.54, 1.807) is 11.8 Å².